The van der Waals surface area contributed by atoms with Gasteiger partial charge in [-0.15, -0.1) is 0 Å². The van der Waals surface area contributed by atoms with Crippen molar-refractivity contribution < 1.29 is 9.53 Å². The molecule has 0 fully saturated rings. The molecule has 0 N–H and O–H groups in total. The Hall–Kier alpha value is -2.16. The van der Waals surface area contributed by atoms with Gasteiger partial charge in [-0.25, -0.2) is 0 Å². The largest absolute Gasteiger partial charge is 0.487 e. The number of hydrogen-bond acceptors (Lipinski definition) is 3. The monoisotopic (exact) mass is 243 g/mol. The molecule has 2 aromatic rings. The fourth-order valence-electron chi connectivity index (χ4n) is 1.32. The van der Waals surface area contributed by atoms with E-state index in [1.807, 2.05) is 38.1 Å². The molecule has 2 rings (SSSR count). The van der Waals surface area contributed by atoms with Crippen molar-refractivity contribution in [1.29, 1.82) is 0 Å². The van der Waals surface area contributed by atoms with Gasteiger partial charge in [-0.05, 0) is 24.3 Å². The SMILES string of the molecule is CC.O=Cc1cccc(OCc2ccccn2)c1. The van der Waals surface area contributed by atoms with E-state index in [1.165, 1.54) is 0 Å². The lowest BCUT2D eigenvalue weighted by Crippen LogP contribution is -1.97. The molecule has 1 aromatic heterocycles. The van der Waals surface area contributed by atoms with Gasteiger partial charge in [0.25, 0.3) is 0 Å². The molecule has 18 heavy (non-hydrogen) atoms. The summed E-state index contributed by atoms with van der Waals surface area (Å²) in [6, 6.07) is 12.7. The lowest BCUT2D eigenvalue weighted by molar-refractivity contribution is 0.112. The van der Waals surface area contributed by atoms with Gasteiger partial charge in [0.1, 0.15) is 18.6 Å². The van der Waals surface area contributed by atoms with Gasteiger partial charge in [0.2, 0.25) is 0 Å². The Balaban J connectivity index is 0.000000771. The molecule has 3 heteroatoms. The minimum Gasteiger partial charge on any atom is -0.487 e. The molecule has 0 amide bonds. The van der Waals surface area contributed by atoms with Crippen LogP contribution < -0.4 is 4.74 Å². The highest BCUT2D eigenvalue weighted by atomic mass is 16.5. The maximum absolute atomic E-state index is 10.6. The van der Waals surface area contributed by atoms with Crippen molar-refractivity contribution in [2.45, 2.75) is 20.5 Å². The summed E-state index contributed by atoms with van der Waals surface area (Å²) in [6.07, 6.45) is 2.52. The second-order valence-corrected chi connectivity index (χ2v) is 3.30. The van der Waals surface area contributed by atoms with Crippen LogP contribution in [0.4, 0.5) is 0 Å². The van der Waals surface area contributed by atoms with E-state index in [-0.39, 0.29) is 0 Å². The summed E-state index contributed by atoms with van der Waals surface area (Å²) in [7, 11) is 0. The summed E-state index contributed by atoms with van der Waals surface area (Å²) >= 11 is 0. The third-order valence-electron chi connectivity index (χ3n) is 2.11. The number of rotatable bonds is 4. The molecule has 0 aliphatic heterocycles. The van der Waals surface area contributed by atoms with Crippen LogP contribution in [0.1, 0.15) is 29.9 Å². The summed E-state index contributed by atoms with van der Waals surface area (Å²) in [4.78, 5) is 14.7. The van der Waals surface area contributed by atoms with Crippen molar-refractivity contribution in [3.05, 3.63) is 59.9 Å². The Labute approximate surface area is 107 Å². The van der Waals surface area contributed by atoms with E-state index in [4.69, 9.17) is 4.74 Å². The molecule has 0 atom stereocenters. The third-order valence-corrected chi connectivity index (χ3v) is 2.11. The fraction of sp³-hybridized carbons (Fsp3) is 0.200. The van der Waals surface area contributed by atoms with E-state index < -0.39 is 0 Å². The molecule has 94 valence electrons. The first-order valence-corrected chi connectivity index (χ1v) is 5.96. The number of nitrogens with zero attached hydrogens (tertiary/aromatic N) is 1. The predicted molar refractivity (Wildman–Crippen MR) is 71.7 cm³/mol. The van der Waals surface area contributed by atoms with Crippen LogP contribution in [0, 0.1) is 0 Å². The van der Waals surface area contributed by atoms with Crippen LogP contribution in [-0.2, 0) is 6.61 Å². The molecule has 0 saturated heterocycles. The van der Waals surface area contributed by atoms with Crippen molar-refractivity contribution in [1.82, 2.24) is 4.98 Å². The molecule has 1 heterocycles. The summed E-state index contributed by atoms with van der Waals surface area (Å²) in [6.45, 7) is 4.41. The molecule has 3 nitrogen and oxygen atoms in total. The Kier molecular flexibility index (Phi) is 6.19. The van der Waals surface area contributed by atoms with Crippen molar-refractivity contribution in [3.8, 4) is 5.75 Å². The Morgan fingerprint density at radius 2 is 2.00 bits per heavy atom. The number of aldehydes is 1. The number of carbonyl (C=O) groups is 1. The Morgan fingerprint density at radius 3 is 2.67 bits per heavy atom. The van der Waals surface area contributed by atoms with Crippen LogP contribution in [-0.4, -0.2) is 11.3 Å². The van der Waals surface area contributed by atoms with Crippen molar-refractivity contribution in [2.24, 2.45) is 0 Å². The molecule has 0 unspecified atom stereocenters. The first-order chi connectivity index (χ1) is 8.88. The van der Waals surface area contributed by atoms with Gasteiger partial charge >= 0.3 is 0 Å². The van der Waals surface area contributed by atoms with Gasteiger partial charge in [-0.3, -0.25) is 9.78 Å². The Bertz CT molecular complexity index is 469. The minimum atomic E-state index is 0.406. The quantitative estimate of drug-likeness (QED) is 0.771. The Morgan fingerprint density at radius 1 is 1.17 bits per heavy atom. The normalized spacial score (nSPS) is 9.00. The second kappa shape index (κ2) is 8.01. The van der Waals surface area contributed by atoms with Crippen molar-refractivity contribution in [3.63, 3.8) is 0 Å². The number of carbonyl (C=O) groups excluding carboxylic acids is 1. The lowest BCUT2D eigenvalue weighted by atomic mass is 10.2. The standard InChI is InChI=1S/C13H11NO2.C2H6/c15-9-11-4-3-6-13(8-11)16-10-12-5-1-2-7-14-12;1-2/h1-9H,10H2;1-2H3. The fourth-order valence-corrected chi connectivity index (χ4v) is 1.32. The van der Waals surface area contributed by atoms with E-state index in [9.17, 15) is 4.79 Å². The highest BCUT2D eigenvalue weighted by Gasteiger charge is 1.97. The zero-order valence-corrected chi connectivity index (χ0v) is 10.7. The lowest BCUT2D eigenvalue weighted by Gasteiger charge is -2.05. The molecule has 0 radical (unpaired) electrons. The number of benzene rings is 1. The zero-order valence-electron chi connectivity index (χ0n) is 10.7. The van der Waals surface area contributed by atoms with Crippen LogP contribution in [0.2, 0.25) is 0 Å². The van der Waals surface area contributed by atoms with Crippen LogP contribution >= 0.6 is 0 Å². The summed E-state index contributed by atoms with van der Waals surface area (Å²) in [5.41, 5.74) is 1.47. The molecule has 0 saturated carbocycles. The molecule has 0 aliphatic carbocycles. The highest BCUT2D eigenvalue weighted by Crippen LogP contribution is 2.13. The number of hydrogen-bond donors (Lipinski definition) is 0. The van der Waals surface area contributed by atoms with Crippen LogP contribution in [0.3, 0.4) is 0 Å². The smallest absolute Gasteiger partial charge is 0.150 e. The van der Waals surface area contributed by atoms with Gasteiger partial charge in [0.05, 0.1) is 5.69 Å². The average molecular weight is 243 g/mol. The van der Waals surface area contributed by atoms with Gasteiger partial charge in [0.15, 0.2) is 0 Å². The number of ether oxygens (including phenoxy) is 1. The molecule has 0 aliphatic rings. The van der Waals surface area contributed by atoms with Crippen molar-refractivity contribution in [2.75, 3.05) is 0 Å². The summed E-state index contributed by atoms with van der Waals surface area (Å²) in [5, 5.41) is 0. The first-order valence-electron chi connectivity index (χ1n) is 5.96. The number of pyridine rings is 1. The second-order valence-electron chi connectivity index (χ2n) is 3.30. The number of aromatic nitrogens is 1. The van der Waals surface area contributed by atoms with Crippen LogP contribution in [0.25, 0.3) is 0 Å². The molecular weight excluding hydrogens is 226 g/mol. The first kappa shape index (κ1) is 13.9. The molecule has 0 bridgehead atoms. The maximum atomic E-state index is 10.6. The van der Waals surface area contributed by atoms with Gasteiger partial charge in [-0.2, -0.15) is 0 Å². The third kappa shape index (κ3) is 4.37. The van der Waals surface area contributed by atoms with Gasteiger partial charge in [-0.1, -0.05) is 32.0 Å². The van der Waals surface area contributed by atoms with Gasteiger partial charge < -0.3 is 4.74 Å². The van der Waals surface area contributed by atoms with E-state index in [1.54, 1.807) is 24.4 Å². The molecule has 0 spiro atoms. The predicted octanol–water partition coefficient (Wildman–Crippen LogP) is 3.50. The minimum absolute atomic E-state index is 0.406. The average Bonchev–Trinajstić information content (AvgIpc) is 2.48. The molecular formula is C15H17NO2. The van der Waals surface area contributed by atoms with Crippen molar-refractivity contribution >= 4 is 6.29 Å². The summed E-state index contributed by atoms with van der Waals surface area (Å²) < 4.78 is 5.51. The van der Waals surface area contributed by atoms with E-state index in [0.717, 1.165) is 12.0 Å². The van der Waals surface area contributed by atoms with E-state index in [2.05, 4.69) is 4.98 Å². The van der Waals surface area contributed by atoms with E-state index >= 15 is 0 Å². The van der Waals surface area contributed by atoms with E-state index in [0.29, 0.717) is 17.9 Å². The zero-order chi connectivity index (χ0) is 13.2. The van der Waals surface area contributed by atoms with Crippen LogP contribution in [0.15, 0.2) is 48.7 Å². The van der Waals surface area contributed by atoms with Crippen LogP contribution in [0.5, 0.6) is 5.75 Å². The highest BCUT2D eigenvalue weighted by molar-refractivity contribution is 5.75. The maximum Gasteiger partial charge on any atom is 0.150 e. The topological polar surface area (TPSA) is 39.2 Å². The summed E-state index contributed by atoms with van der Waals surface area (Å²) in [5.74, 6) is 0.676. The molecule has 1 aromatic carbocycles. The van der Waals surface area contributed by atoms with Gasteiger partial charge in [0, 0.05) is 11.8 Å².